The summed E-state index contributed by atoms with van der Waals surface area (Å²) in [5.41, 5.74) is 28.5. The number of rotatable bonds is 2. The van der Waals surface area contributed by atoms with Gasteiger partial charge >= 0.3 is 6.85 Å². The zero-order valence-electron chi connectivity index (χ0n) is 47.0. The Morgan fingerprint density at radius 1 is 0.419 bits per heavy atom. The van der Waals surface area contributed by atoms with Crippen LogP contribution in [0.3, 0.4) is 0 Å². The van der Waals surface area contributed by atoms with Crippen molar-refractivity contribution < 1.29 is 0 Å². The van der Waals surface area contributed by atoms with Crippen LogP contribution in [0, 0.1) is 6.92 Å². The van der Waals surface area contributed by atoms with E-state index < -0.39 is 0 Å². The van der Waals surface area contributed by atoms with E-state index in [-0.39, 0.29) is 44.8 Å². The third kappa shape index (κ3) is 6.18. The first-order valence-corrected chi connectivity index (χ1v) is 29.0. The maximum absolute atomic E-state index is 2.87. The minimum Gasteiger partial charge on any atom is -0.376 e. The van der Waals surface area contributed by atoms with Crippen LogP contribution in [0.25, 0.3) is 42.4 Å². The molecule has 8 aromatic rings. The highest BCUT2D eigenvalue weighted by atomic mass is 32.1. The molecule has 7 aromatic carbocycles. The van der Waals surface area contributed by atoms with Crippen molar-refractivity contribution in [2.75, 3.05) is 9.71 Å². The highest BCUT2D eigenvalue weighted by Crippen LogP contribution is 2.59. The van der Waals surface area contributed by atoms with Gasteiger partial charge in [-0.2, -0.15) is 0 Å². The number of fused-ring (bicyclic) bond motifs is 14. The van der Waals surface area contributed by atoms with Crippen molar-refractivity contribution in [3.05, 3.63) is 159 Å². The largest absolute Gasteiger partial charge is 0.376 e. The molecule has 0 radical (unpaired) electrons. The lowest BCUT2D eigenvalue weighted by molar-refractivity contribution is 0.332. The number of benzene rings is 7. The van der Waals surface area contributed by atoms with E-state index in [1.807, 2.05) is 11.3 Å². The molecule has 2 nitrogen and oxygen atoms in total. The van der Waals surface area contributed by atoms with Gasteiger partial charge in [-0.05, 0) is 204 Å². The van der Waals surface area contributed by atoms with Crippen molar-refractivity contribution in [1.82, 2.24) is 0 Å². The molecule has 0 bridgehead atoms. The number of anilines is 5. The van der Waals surface area contributed by atoms with Gasteiger partial charge in [0.25, 0.3) is 0 Å². The third-order valence-electron chi connectivity index (χ3n) is 20.7. The molecule has 1 aromatic heterocycles. The SMILES string of the molecule is Cc1cc2c(cc1N1c3cc4c(cc3B3c5c1cc1sc6ccccc6c1c5-c1cc5c(cc1N3c1ccc3c(c1)C(C)(C)CCC3(C)C)C(C)(C)CCC5(C)C)-c1ccccc1C4(C)C)C(C)(C)CCC2(C)C. The third-order valence-corrected chi connectivity index (χ3v) is 21.9. The summed E-state index contributed by atoms with van der Waals surface area (Å²) < 4.78 is 2.73. The summed E-state index contributed by atoms with van der Waals surface area (Å²) in [4.78, 5) is 5.66. The molecule has 4 aliphatic carbocycles. The van der Waals surface area contributed by atoms with Crippen LogP contribution >= 0.6 is 11.3 Å². The average molecular weight is 987 g/mol. The lowest BCUT2D eigenvalue weighted by Crippen LogP contribution is -2.62. The highest BCUT2D eigenvalue weighted by molar-refractivity contribution is 7.26. The average Bonchev–Trinajstić information content (AvgIpc) is 3.85. The topological polar surface area (TPSA) is 6.48 Å². The molecule has 374 valence electrons. The van der Waals surface area contributed by atoms with Crippen LogP contribution in [-0.4, -0.2) is 6.85 Å². The van der Waals surface area contributed by atoms with E-state index in [1.165, 1.54) is 170 Å². The van der Waals surface area contributed by atoms with Gasteiger partial charge in [-0.3, -0.25) is 0 Å². The van der Waals surface area contributed by atoms with Crippen LogP contribution in [0.4, 0.5) is 28.4 Å². The van der Waals surface area contributed by atoms with Crippen LogP contribution in [0.2, 0.25) is 0 Å². The Balaban J connectivity index is 1.18. The fourth-order valence-corrected chi connectivity index (χ4v) is 16.9. The van der Waals surface area contributed by atoms with E-state index >= 15 is 0 Å². The summed E-state index contributed by atoms with van der Waals surface area (Å²) in [7, 11) is 0. The molecule has 0 N–H and O–H groups in total. The van der Waals surface area contributed by atoms with Crippen molar-refractivity contribution >= 4 is 77.7 Å². The number of aryl methyl sites for hydroxylation is 1. The molecule has 3 heterocycles. The van der Waals surface area contributed by atoms with Crippen LogP contribution < -0.4 is 20.6 Å². The normalized spacial score (nSPS) is 21.0. The number of hydrogen-bond donors (Lipinski definition) is 0. The Kier molecular flexibility index (Phi) is 9.30. The van der Waals surface area contributed by atoms with Gasteiger partial charge in [0.1, 0.15) is 0 Å². The Labute approximate surface area is 446 Å². The van der Waals surface area contributed by atoms with E-state index in [2.05, 4.69) is 223 Å². The molecule has 0 fully saturated rings. The summed E-state index contributed by atoms with van der Waals surface area (Å²) in [6.07, 6.45) is 7.09. The van der Waals surface area contributed by atoms with Crippen molar-refractivity contribution in [2.45, 2.75) is 180 Å². The van der Waals surface area contributed by atoms with Crippen molar-refractivity contribution in [3.8, 4) is 22.3 Å². The van der Waals surface area contributed by atoms with Gasteiger partial charge in [0.05, 0.1) is 0 Å². The molecular weight excluding hydrogens is 912 g/mol. The minimum absolute atomic E-state index is 0.0314. The second-order valence-electron chi connectivity index (χ2n) is 28.5. The van der Waals surface area contributed by atoms with E-state index in [0.29, 0.717) is 0 Å². The highest BCUT2D eigenvalue weighted by Gasteiger charge is 2.51. The van der Waals surface area contributed by atoms with E-state index in [4.69, 9.17) is 0 Å². The van der Waals surface area contributed by atoms with Gasteiger partial charge < -0.3 is 9.71 Å². The molecule has 6 aliphatic rings. The lowest BCUT2D eigenvalue weighted by atomic mass is 9.42. The predicted molar refractivity (Wildman–Crippen MR) is 321 cm³/mol. The number of nitrogens with zero attached hydrogens (tertiary/aromatic N) is 2. The fourth-order valence-electron chi connectivity index (χ4n) is 15.7. The van der Waals surface area contributed by atoms with Crippen LogP contribution in [0.15, 0.2) is 109 Å². The van der Waals surface area contributed by atoms with Crippen molar-refractivity contribution in [3.63, 3.8) is 0 Å². The van der Waals surface area contributed by atoms with Crippen molar-refractivity contribution in [1.29, 1.82) is 0 Å². The first kappa shape index (κ1) is 46.9. The quantitative estimate of drug-likeness (QED) is 0.159. The number of thiophene rings is 1. The maximum Gasteiger partial charge on any atom is 0.333 e. The monoisotopic (exact) mass is 987 g/mol. The molecule has 2 aliphatic heterocycles. The van der Waals surface area contributed by atoms with Gasteiger partial charge in [-0.25, -0.2) is 0 Å². The minimum atomic E-state index is -0.169. The lowest BCUT2D eigenvalue weighted by Gasteiger charge is -2.49. The Bertz CT molecular complexity index is 3810. The van der Waals surface area contributed by atoms with Gasteiger partial charge in [-0.15, -0.1) is 11.3 Å². The molecule has 0 amide bonds. The van der Waals surface area contributed by atoms with E-state index in [9.17, 15) is 0 Å². The Hall–Kier alpha value is -5.58. The zero-order chi connectivity index (χ0) is 51.8. The molecule has 0 unspecified atom stereocenters. The Morgan fingerprint density at radius 2 is 0.959 bits per heavy atom. The molecular formula is C70H75BN2S. The summed E-state index contributed by atoms with van der Waals surface area (Å²) in [6, 6.07) is 45.0. The molecule has 4 heteroatoms. The van der Waals surface area contributed by atoms with Crippen LogP contribution in [-0.2, 0) is 37.9 Å². The maximum atomic E-state index is 2.87. The second-order valence-corrected chi connectivity index (χ2v) is 29.6. The summed E-state index contributed by atoms with van der Waals surface area (Å²) in [6.45, 7) is 37.2. The first-order valence-electron chi connectivity index (χ1n) is 28.2. The summed E-state index contributed by atoms with van der Waals surface area (Å²) in [5.74, 6) is 0. The first-order chi connectivity index (χ1) is 34.8. The van der Waals surface area contributed by atoms with E-state index in [0.717, 1.165) is 0 Å². The van der Waals surface area contributed by atoms with E-state index in [1.54, 1.807) is 0 Å². The molecule has 0 atom stereocenters. The molecule has 74 heavy (non-hydrogen) atoms. The van der Waals surface area contributed by atoms with Gasteiger partial charge in [0, 0.05) is 59.6 Å². The van der Waals surface area contributed by atoms with Crippen LogP contribution in [0.1, 0.15) is 186 Å². The molecule has 14 rings (SSSR count). The predicted octanol–water partition coefficient (Wildman–Crippen LogP) is 18.4. The Morgan fingerprint density at radius 3 is 1.62 bits per heavy atom. The van der Waals surface area contributed by atoms with Crippen molar-refractivity contribution in [2.24, 2.45) is 0 Å². The number of hydrogen-bond acceptors (Lipinski definition) is 3. The second kappa shape index (κ2) is 14.7. The van der Waals surface area contributed by atoms with Gasteiger partial charge in [0.15, 0.2) is 0 Å². The fraction of sp³-hybridized carbons (Fsp3) is 0.400. The zero-order valence-corrected chi connectivity index (χ0v) is 47.8. The standard InChI is InChI=1S/C70H75BN2S/c1-40-32-49-52(68(10,11)30-28-65(49,4)5)37-55(40)72-57-36-48-44(42-20-16-18-22-46(42)70(48,14)15)35-54(57)71-63-58(72)39-60-61(43-21-17-19-23-59(43)74-60)62(63)45-34-51-53(69(12,13)31-29-67(51,8)9)38-56(45)73(71)41-24-25-47-50(33-41)66(6,7)27-26-64(47,2)3/h16-25,32-39H,26-31H2,1-15H3. The van der Waals surface area contributed by atoms with Gasteiger partial charge in [0.2, 0.25) is 0 Å². The molecule has 0 saturated heterocycles. The van der Waals surface area contributed by atoms with Crippen LogP contribution in [0.5, 0.6) is 0 Å². The molecule has 0 spiro atoms. The molecule has 0 saturated carbocycles. The van der Waals surface area contributed by atoms with Gasteiger partial charge in [-0.1, -0.05) is 158 Å². The summed E-state index contributed by atoms with van der Waals surface area (Å²) in [5, 5.41) is 2.78. The smallest absolute Gasteiger partial charge is 0.333 e. The summed E-state index contributed by atoms with van der Waals surface area (Å²) >= 11 is 1.98.